The lowest BCUT2D eigenvalue weighted by atomic mass is 10.1. The van der Waals surface area contributed by atoms with E-state index < -0.39 is 4.92 Å². The Labute approximate surface area is 116 Å². The monoisotopic (exact) mass is 280 g/mol. The minimum atomic E-state index is -0.496. The molecule has 0 N–H and O–H groups in total. The number of carbonyl (C=O) groups excluding carboxylic acids is 1. The van der Waals surface area contributed by atoms with E-state index in [4.69, 9.17) is 9.47 Å². The van der Waals surface area contributed by atoms with Crippen molar-refractivity contribution in [2.75, 3.05) is 33.4 Å². The molecule has 0 unspecified atom stereocenters. The highest BCUT2D eigenvalue weighted by molar-refractivity contribution is 5.95. The summed E-state index contributed by atoms with van der Waals surface area (Å²) in [6.07, 6.45) is 0. The molecule has 0 saturated carbocycles. The van der Waals surface area contributed by atoms with Crippen molar-refractivity contribution < 1.29 is 19.2 Å². The van der Waals surface area contributed by atoms with Crippen LogP contribution in [0.3, 0.4) is 0 Å². The Balaban J connectivity index is 2.25. The van der Waals surface area contributed by atoms with Crippen molar-refractivity contribution in [1.82, 2.24) is 4.90 Å². The van der Waals surface area contributed by atoms with E-state index in [1.54, 1.807) is 17.0 Å². The van der Waals surface area contributed by atoms with Gasteiger partial charge in [-0.05, 0) is 12.1 Å². The summed E-state index contributed by atoms with van der Waals surface area (Å²) in [6.45, 7) is 2.15. The Kier molecular flexibility index (Phi) is 4.65. The molecule has 2 rings (SSSR count). The number of nitro groups is 1. The number of amides is 1. The van der Waals surface area contributed by atoms with Gasteiger partial charge in [-0.25, -0.2) is 0 Å². The van der Waals surface area contributed by atoms with Crippen LogP contribution < -0.4 is 0 Å². The number of morpholine rings is 1. The maximum absolute atomic E-state index is 12.3. The molecule has 1 aliphatic heterocycles. The molecule has 0 aromatic heterocycles. The molecule has 0 aliphatic carbocycles. The van der Waals surface area contributed by atoms with Crippen molar-refractivity contribution in [3.8, 4) is 0 Å². The summed E-state index contributed by atoms with van der Waals surface area (Å²) < 4.78 is 10.1. The van der Waals surface area contributed by atoms with Gasteiger partial charge in [-0.15, -0.1) is 0 Å². The molecule has 0 spiro atoms. The van der Waals surface area contributed by atoms with Gasteiger partial charge in [-0.2, -0.15) is 0 Å². The second-order valence-corrected chi connectivity index (χ2v) is 4.44. The smallest absolute Gasteiger partial charge is 0.275 e. The molecule has 0 atom stereocenters. The number of benzene rings is 1. The van der Waals surface area contributed by atoms with Crippen molar-refractivity contribution >= 4 is 11.6 Å². The summed E-state index contributed by atoms with van der Waals surface area (Å²) in [4.78, 5) is 24.5. The summed E-state index contributed by atoms with van der Waals surface area (Å²) in [5, 5.41) is 11.1. The van der Waals surface area contributed by atoms with Gasteiger partial charge in [-0.3, -0.25) is 14.9 Å². The van der Waals surface area contributed by atoms with Crippen LogP contribution in [0.5, 0.6) is 0 Å². The Bertz CT molecular complexity index is 511. The van der Waals surface area contributed by atoms with Crippen LogP contribution in [0.2, 0.25) is 0 Å². The van der Waals surface area contributed by atoms with Gasteiger partial charge in [0, 0.05) is 31.8 Å². The quantitative estimate of drug-likeness (QED) is 0.611. The maximum atomic E-state index is 12.3. The van der Waals surface area contributed by atoms with E-state index in [1.807, 2.05) is 0 Å². The van der Waals surface area contributed by atoms with Gasteiger partial charge in [0.2, 0.25) is 0 Å². The van der Waals surface area contributed by atoms with E-state index in [1.165, 1.54) is 13.2 Å². The van der Waals surface area contributed by atoms with Crippen LogP contribution in [0.25, 0.3) is 0 Å². The lowest BCUT2D eigenvalue weighted by molar-refractivity contribution is -0.385. The van der Waals surface area contributed by atoms with E-state index in [2.05, 4.69) is 0 Å². The molecule has 7 nitrogen and oxygen atoms in total. The van der Waals surface area contributed by atoms with Gasteiger partial charge in [0.1, 0.15) is 0 Å². The average Bonchev–Trinajstić information content (AvgIpc) is 2.48. The molecular weight excluding hydrogens is 264 g/mol. The highest BCUT2D eigenvalue weighted by Gasteiger charge is 2.22. The highest BCUT2D eigenvalue weighted by atomic mass is 16.6. The van der Waals surface area contributed by atoms with Crippen LogP contribution in [-0.2, 0) is 16.1 Å². The molecule has 1 aliphatic rings. The van der Waals surface area contributed by atoms with Crippen molar-refractivity contribution in [2.45, 2.75) is 6.61 Å². The van der Waals surface area contributed by atoms with Crippen molar-refractivity contribution in [2.24, 2.45) is 0 Å². The fourth-order valence-electron chi connectivity index (χ4n) is 2.09. The molecule has 1 amide bonds. The SMILES string of the molecule is COCc1ccc(C(=O)N2CCOCC2)cc1[N+](=O)[O-]. The number of nitrogens with zero attached hydrogens (tertiary/aromatic N) is 2. The number of rotatable bonds is 4. The predicted molar refractivity (Wildman–Crippen MR) is 70.5 cm³/mol. The third-order valence-electron chi connectivity index (χ3n) is 3.13. The molecule has 1 fully saturated rings. The lowest BCUT2D eigenvalue weighted by Gasteiger charge is -2.26. The second kappa shape index (κ2) is 6.44. The van der Waals surface area contributed by atoms with Gasteiger partial charge in [0.15, 0.2) is 0 Å². The first-order valence-corrected chi connectivity index (χ1v) is 6.26. The van der Waals surface area contributed by atoms with Crippen LogP contribution in [-0.4, -0.2) is 49.1 Å². The zero-order valence-corrected chi connectivity index (χ0v) is 11.2. The van der Waals surface area contributed by atoms with Crippen molar-refractivity contribution in [3.05, 3.63) is 39.4 Å². The van der Waals surface area contributed by atoms with E-state index in [0.717, 1.165) is 0 Å². The Morgan fingerprint density at radius 2 is 2.15 bits per heavy atom. The van der Waals surface area contributed by atoms with Crippen LogP contribution >= 0.6 is 0 Å². The zero-order valence-electron chi connectivity index (χ0n) is 11.2. The van der Waals surface area contributed by atoms with Crippen molar-refractivity contribution in [1.29, 1.82) is 0 Å². The zero-order chi connectivity index (χ0) is 14.5. The molecule has 1 heterocycles. The second-order valence-electron chi connectivity index (χ2n) is 4.44. The fourth-order valence-corrected chi connectivity index (χ4v) is 2.09. The lowest BCUT2D eigenvalue weighted by Crippen LogP contribution is -2.40. The summed E-state index contributed by atoms with van der Waals surface area (Å²) in [5.74, 6) is -0.208. The first-order valence-electron chi connectivity index (χ1n) is 6.26. The molecule has 0 radical (unpaired) electrons. The first-order chi connectivity index (χ1) is 9.63. The number of nitro benzene ring substituents is 1. The topological polar surface area (TPSA) is 81.9 Å². The Hall–Kier alpha value is -1.99. The Morgan fingerprint density at radius 3 is 2.75 bits per heavy atom. The van der Waals surface area contributed by atoms with E-state index >= 15 is 0 Å². The van der Waals surface area contributed by atoms with E-state index in [9.17, 15) is 14.9 Å². The Morgan fingerprint density at radius 1 is 1.45 bits per heavy atom. The normalized spacial score (nSPS) is 15.2. The number of carbonyl (C=O) groups is 1. The maximum Gasteiger partial charge on any atom is 0.275 e. The van der Waals surface area contributed by atoms with Crippen LogP contribution in [0.4, 0.5) is 5.69 Å². The largest absolute Gasteiger partial charge is 0.380 e. The third-order valence-corrected chi connectivity index (χ3v) is 3.13. The molecule has 7 heteroatoms. The number of methoxy groups -OCH3 is 1. The summed E-state index contributed by atoms with van der Waals surface area (Å²) in [5.41, 5.74) is 0.681. The van der Waals surface area contributed by atoms with Crippen LogP contribution in [0.1, 0.15) is 15.9 Å². The van der Waals surface area contributed by atoms with E-state index in [0.29, 0.717) is 37.4 Å². The fraction of sp³-hybridized carbons (Fsp3) is 0.462. The summed E-state index contributed by atoms with van der Waals surface area (Å²) in [7, 11) is 1.47. The molecule has 1 aromatic rings. The third kappa shape index (κ3) is 3.12. The summed E-state index contributed by atoms with van der Waals surface area (Å²) >= 11 is 0. The minimum absolute atomic E-state index is 0.0917. The van der Waals surface area contributed by atoms with Gasteiger partial charge in [0.05, 0.1) is 30.3 Å². The standard InChI is InChI=1S/C13H16N2O5/c1-19-9-11-3-2-10(8-12(11)15(17)18)13(16)14-4-6-20-7-5-14/h2-3,8H,4-7,9H2,1H3. The average molecular weight is 280 g/mol. The molecule has 108 valence electrons. The molecular formula is C13H16N2O5. The van der Waals surface area contributed by atoms with Gasteiger partial charge in [-0.1, -0.05) is 0 Å². The minimum Gasteiger partial charge on any atom is -0.380 e. The molecule has 1 aromatic carbocycles. The van der Waals surface area contributed by atoms with Crippen LogP contribution in [0.15, 0.2) is 18.2 Å². The summed E-state index contributed by atoms with van der Waals surface area (Å²) in [6, 6.07) is 4.47. The number of ether oxygens (including phenoxy) is 2. The highest BCUT2D eigenvalue weighted by Crippen LogP contribution is 2.22. The predicted octanol–water partition coefficient (Wildman–Crippen LogP) is 1.21. The first kappa shape index (κ1) is 14.4. The number of hydrogen-bond donors (Lipinski definition) is 0. The molecule has 20 heavy (non-hydrogen) atoms. The number of hydrogen-bond acceptors (Lipinski definition) is 5. The van der Waals surface area contributed by atoms with Crippen LogP contribution in [0, 0.1) is 10.1 Å². The van der Waals surface area contributed by atoms with Crippen molar-refractivity contribution in [3.63, 3.8) is 0 Å². The molecule has 0 bridgehead atoms. The van der Waals surface area contributed by atoms with Gasteiger partial charge in [0.25, 0.3) is 11.6 Å². The van der Waals surface area contributed by atoms with Gasteiger partial charge < -0.3 is 14.4 Å². The van der Waals surface area contributed by atoms with Gasteiger partial charge >= 0.3 is 0 Å². The van der Waals surface area contributed by atoms with E-state index in [-0.39, 0.29) is 18.2 Å². The molecule has 1 saturated heterocycles.